The van der Waals surface area contributed by atoms with Crippen LogP contribution in [0.2, 0.25) is 0 Å². The lowest BCUT2D eigenvalue weighted by atomic mass is 9.89. The summed E-state index contributed by atoms with van der Waals surface area (Å²) in [5.74, 6) is 1.63. The van der Waals surface area contributed by atoms with Gasteiger partial charge in [-0.05, 0) is 80.0 Å². The Morgan fingerprint density at radius 1 is 0.918 bits per heavy atom. The summed E-state index contributed by atoms with van der Waals surface area (Å²) in [5.41, 5.74) is 3.39. The van der Waals surface area contributed by atoms with Gasteiger partial charge in [-0.3, -0.25) is 19.3 Å². The summed E-state index contributed by atoms with van der Waals surface area (Å²) in [7, 11) is 0. The maximum Gasteiger partial charge on any atom is 0.267 e. The predicted molar refractivity (Wildman–Crippen MR) is 229 cm³/mol. The van der Waals surface area contributed by atoms with Crippen LogP contribution >= 0.6 is 0 Å². The number of hydrogen-bond donors (Lipinski definition) is 3. The first kappa shape index (κ1) is 42.8. The third-order valence-electron chi connectivity index (χ3n) is 12.8. The Kier molecular flexibility index (Phi) is 14.3. The van der Waals surface area contributed by atoms with Crippen LogP contribution in [-0.4, -0.2) is 134 Å². The molecule has 4 heterocycles. The number of hydrogen-bond acceptors (Lipinski definition) is 11. The number of para-hydroxylation sites is 2. The molecular formula is C47H61N5O9. The van der Waals surface area contributed by atoms with Crippen molar-refractivity contribution in [1.29, 1.82) is 0 Å². The number of phenolic OH excluding ortho intramolecular Hbond substituents is 1. The molecule has 2 saturated heterocycles. The van der Waals surface area contributed by atoms with Gasteiger partial charge in [-0.25, -0.2) is 0 Å². The van der Waals surface area contributed by atoms with Crippen LogP contribution < -0.4 is 24.8 Å². The summed E-state index contributed by atoms with van der Waals surface area (Å²) in [6, 6.07) is 19.8. The molecule has 3 aromatic rings. The number of ether oxygens (including phenoxy) is 5. The number of rotatable bonds is 16. The summed E-state index contributed by atoms with van der Waals surface area (Å²) in [5, 5.41) is 16.3. The standard InChI is InChI=1S/C47H61N5O9/c53-38-14-13-36(45-44(38)49-42(54)32-59-45)15-20-48-21-24-52(37-9-2-1-3-10-37)43(55)17-27-57-26-16-34-7-6-8-35(29-34)30-50-22-18-47(19-23-50)33-51(25-28-60-47)46(56)41-31-58-39-11-4-5-12-40(39)61-41/h4-8,11-14,29,37,41,48,53H,1-3,9-10,15-28,30-33H2,(H,49,54). The second-order valence-corrected chi connectivity index (χ2v) is 17.0. The van der Waals surface area contributed by atoms with Crippen LogP contribution in [0.15, 0.2) is 60.7 Å². The number of anilines is 1. The van der Waals surface area contributed by atoms with Crippen LogP contribution in [0, 0.1) is 0 Å². The summed E-state index contributed by atoms with van der Waals surface area (Å²) < 4.78 is 29.9. The van der Waals surface area contributed by atoms with Crippen molar-refractivity contribution in [3.8, 4) is 23.0 Å². The fourth-order valence-corrected chi connectivity index (χ4v) is 9.40. The van der Waals surface area contributed by atoms with Gasteiger partial charge in [-0.15, -0.1) is 0 Å². The van der Waals surface area contributed by atoms with Crippen LogP contribution in [0.1, 0.15) is 68.1 Å². The average molecular weight is 840 g/mol. The molecule has 5 aliphatic rings. The number of fused-ring (bicyclic) bond motifs is 2. The van der Waals surface area contributed by atoms with Crippen LogP contribution in [0.25, 0.3) is 0 Å². The van der Waals surface area contributed by atoms with Gasteiger partial charge in [0.25, 0.3) is 11.8 Å². The van der Waals surface area contributed by atoms with Crippen LogP contribution in [0.5, 0.6) is 23.0 Å². The molecule has 1 saturated carbocycles. The van der Waals surface area contributed by atoms with E-state index < -0.39 is 6.10 Å². The Labute approximate surface area is 358 Å². The van der Waals surface area contributed by atoms with E-state index in [1.165, 1.54) is 17.5 Å². The number of amides is 3. The minimum absolute atomic E-state index is 0.00672. The van der Waals surface area contributed by atoms with E-state index in [-0.39, 0.29) is 48.3 Å². The largest absolute Gasteiger partial charge is 0.506 e. The number of carbonyl (C=O) groups is 3. The lowest BCUT2D eigenvalue weighted by Crippen LogP contribution is -2.60. The van der Waals surface area contributed by atoms with E-state index in [1.807, 2.05) is 35.2 Å². The maximum atomic E-state index is 13.6. The fourth-order valence-electron chi connectivity index (χ4n) is 9.40. The highest BCUT2D eigenvalue weighted by molar-refractivity contribution is 5.97. The molecule has 61 heavy (non-hydrogen) atoms. The summed E-state index contributed by atoms with van der Waals surface area (Å²) in [4.78, 5) is 45.3. The zero-order valence-corrected chi connectivity index (χ0v) is 35.2. The molecule has 3 amide bonds. The summed E-state index contributed by atoms with van der Waals surface area (Å²) >= 11 is 0. The minimum Gasteiger partial charge on any atom is -0.506 e. The van der Waals surface area contributed by atoms with Gasteiger partial charge in [0.2, 0.25) is 12.0 Å². The number of phenols is 1. The van der Waals surface area contributed by atoms with E-state index in [0.717, 1.165) is 70.1 Å². The maximum absolute atomic E-state index is 13.6. The van der Waals surface area contributed by atoms with E-state index >= 15 is 0 Å². The molecule has 0 bridgehead atoms. The highest BCUT2D eigenvalue weighted by atomic mass is 16.6. The summed E-state index contributed by atoms with van der Waals surface area (Å²) in [6.45, 7) is 7.39. The number of likely N-dealkylation sites (tertiary alicyclic amines) is 1. The average Bonchev–Trinajstić information content (AvgIpc) is 3.29. The molecule has 8 rings (SSSR count). The molecule has 14 nitrogen and oxygen atoms in total. The van der Waals surface area contributed by atoms with Crippen molar-refractivity contribution in [3.63, 3.8) is 0 Å². The SMILES string of the molecule is O=C1COc2c(CCNCCN(C(=O)CCOCCc3cccc(CN4CCC5(CC4)CN(C(=O)C4COc6ccccc6O4)CCO5)c3)C3CCCCC3)ccc(O)c2N1. The molecule has 4 aliphatic heterocycles. The van der Waals surface area contributed by atoms with Crippen LogP contribution in [-0.2, 0) is 43.2 Å². The van der Waals surface area contributed by atoms with Gasteiger partial charge >= 0.3 is 0 Å². The lowest BCUT2D eigenvalue weighted by molar-refractivity contribution is -0.166. The van der Waals surface area contributed by atoms with Gasteiger partial charge < -0.3 is 49.2 Å². The van der Waals surface area contributed by atoms with E-state index in [9.17, 15) is 19.5 Å². The van der Waals surface area contributed by atoms with Crippen molar-refractivity contribution < 1.29 is 43.2 Å². The highest BCUT2D eigenvalue weighted by Gasteiger charge is 2.43. The zero-order chi connectivity index (χ0) is 42.0. The van der Waals surface area contributed by atoms with Crippen molar-refractivity contribution >= 4 is 23.4 Å². The van der Waals surface area contributed by atoms with Gasteiger partial charge in [0, 0.05) is 51.9 Å². The molecule has 328 valence electrons. The quantitative estimate of drug-likeness (QED) is 0.136. The van der Waals surface area contributed by atoms with E-state index in [2.05, 4.69) is 44.7 Å². The fraction of sp³-hybridized carbons (Fsp3) is 0.553. The van der Waals surface area contributed by atoms with Gasteiger partial charge in [-0.1, -0.05) is 61.7 Å². The van der Waals surface area contributed by atoms with Crippen molar-refractivity contribution in [2.24, 2.45) is 0 Å². The molecule has 0 aromatic heterocycles. The second kappa shape index (κ2) is 20.3. The Balaban J connectivity index is 0.738. The number of nitrogens with zero attached hydrogens (tertiary/aromatic N) is 3. The zero-order valence-electron chi connectivity index (χ0n) is 35.2. The van der Waals surface area contributed by atoms with E-state index in [4.69, 9.17) is 23.7 Å². The number of nitrogens with one attached hydrogen (secondary N) is 2. The Morgan fingerprint density at radius 2 is 1.74 bits per heavy atom. The predicted octanol–water partition coefficient (Wildman–Crippen LogP) is 4.70. The Morgan fingerprint density at radius 3 is 2.59 bits per heavy atom. The molecular weight excluding hydrogens is 779 g/mol. The van der Waals surface area contributed by atoms with Crippen molar-refractivity contribution in [1.82, 2.24) is 20.0 Å². The highest BCUT2D eigenvalue weighted by Crippen LogP contribution is 2.39. The Bertz CT molecular complexity index is 1980. The Hall–Kier alpha value is -4.89. The minimum atomic E-state index is -0.645. The summed E-state index contributed by atoms with van der Waals surface area (Å²) in [6.07, 6.45) is 8.50. The number of piperidine rings is 1. The van der Waals surface area contributed by atoms with Crippen LogP contribution in [0.3, 0.4) is 0 Å². The van der Waals surface area contributed by atoms with E-state index in [1.54, 1.807) is 6.07 Å². The molecule has 0 radical (unpaired) electrons. The van der Waals surface area contributed by atoms with Gasteiger partial charge in [-0.2, -0.15) is 0 Å². The molecule has 14 heteroatoms. The smallest absolute Gasteiger partial charge is 0.267 e. The van der Waals surface area contributed by atoms with Crippen molar-refractivity contribution in [2.45, 2.75) is 88.5 Å². The molecule has 3 fully saturated rings. The first-order chi connectivity index (χ1) is 29.8. The van der Waals surface area contributed by atoms with Gasteiger partial charge in [0.1, 0.15) is 18.0 Å². The van der Waals surface area contributed by atoms with Crippen LogP contribution in [0.4, 0.5) is 5.69 Å². The number of carbonyl (C=O) groups excluding carboxylic acids is 3. The van der Waals surface area contributed by atoms with Crippen molar-refractivity contribution in [3.05, 3.63) is 77.4 Å². The monoisotopic (exact) mass is 839 g/mol. The normalized spacial score (nSPS) is 20.1. The lowest BCUT2D eigenvalue weighted by Gasteiger charge is -2.47. The van der Waals surface area contributed by atoms with E-state index in [0.29, 0.717) is 88.3 Å². The first-order valence-electron chi connectivity index (χ1n) is 22.3. The first-order valence-corrected chi connectivity index (χ1v) is 22.3. The molecule has 1 spiro atoms. The number of benzene rings is 3. The molecule has 3 N–H and O–H groups in total. The van der Waals surface area contributed by atoms with Crippen molar-refractivity contribution in [2.75, 3.05) is 84.2 Å². The molecule has 1 atom stereocenters. The second-order valence-electron chi connectivity index (χ2n) is 17.0. The molecule has 1 aliphatic carbocycles. The molecule has 1 unspecified atom stereocenters. The topological polar surface area (TPSA) is 151 Å². The third kappa shape index (κ3) is 11.0. The number of aromatic hydroxyl groups is 1. The number of morpholine rings is 1. The third-order valence-corrected chi connectivity index (χ3v) is 12.8. The van der Waals surface area contributed by atoms with Gasteiger partial charge in [0.05, 0.1) is 31.8 Å². The molecule has 3 aromatic carbocycles. The van der Waals surface area contributed by atoms with Gasteiger partial charge in [0.15, 0.2) is 23.9 Å².